The number of Topliss-reactive ketones (excluding diaryl/α,β-unsaturated/α-hetero) is 1. The number of carbonyl (C=O) groups excluding carboxylic acids is 2. The molecule has 158 valence electrons. The van der Waals surface area contributed by atoms with Crippen molar-refractivity contribution in [3.63, 3.8) is 0 Å². The fourth-order valence-electron chi connectivity index (χ4n) is 3.40. The fraction of sp³-hybridized carbons (Fsp3) is 0.304. The highest BCUT2D eigenvalue weighted by atomic mass is 35.5. The van der Waals surface area contributed by atoms with Gasteiger partial charge in [0.15, 0.2) is 0 Å². The zero-order chi connectivity index (χ0) is 21.7. The average molecular weight is 430 g/mol. The van der Waals surface area contributed by atoms with Gasteiger partial charge in [-0.05, 0) is 48.4 Å². The van der Waals surface area contributed by atoms with E-state index in [1.165, 1.54) is 12.0 Å². The van der Waals surface area contributed by atoms with Crippen LogP contribution in [0.1, 0.15) is 30.5 Å². The molecule has 1 unspecified atom stereocenters. The molecule has 2 aromatic carbocycles. The number of amides is 1. The molecular formula is C23H24ClNO5. The second-order valence-corrected chi connectivity index (χ2v) is 7.35. The molecule has 6 nitrogen and oxygen atoms in total. The molecule has 0 radical (unpaired) electrons. The van der Waals surface area contributed by atoms with Crippen molar-refractivity contribution < 1.29 is 24.2 Å². The summed E-state index contributed by atoms with van der Waals surface area (Å²) in [4.78, 5) is 27.1. The summed E-state index contributed by atoms with van der Waals surface area (Å²) < 4.78 is 10.8. The standard InChI is InChI=1S/C23H24ClNO5/c1-3-12-30-18-6-4-5-16(14-18)20-19(21(26)15-7-9-17(24)10-8-15)22(27)23(28)25(20)11-13-29-2/h4-10,14,20,26H,3,11-13H2,1-2H3. The first-order valence-electron chi connectivity index (χ1n) is 9.74. The van der Waals surface area contributed by atoms with Crippen molar-refractivity contribution in [2.45, 2.75) is 19.4 Å². The maximum atomic E-state index is 12.9. The van der Waals surface area contributed by atoms with Gasteiger partial charge in [-0.3, -0.25) is 9.59 Å². The maximum Gasteiger partial charge on any atom is 0.295 e. The summed E-state index contributed by atoms with van der Waals surface area (Å²) in [7, 11) is 1.53. The highest BCUT2D eigenvalue weighted by molar-refractivity contribution is 6.46. The summed E-state index contributed by atoms with van der Waals surface area (Å²) in [5.41, 5.74) is 1.12. The normalized spacial score (nSPS) is 18.1. The van der Waals surface area contributed by atoms with E-state index in [0.717, 1.165) is 6.42 Å². The van der Waals surface area contributed by atoms with Crippen LogP contribution in [0.3, 0.4) is 0 Å². The molecule has 2 aromatic rings. The van der Waals surface area contributed by atoms with Gasteiger partial charge in [-0.2, -0.15) is 0 Å². The number of aliphatic hydroxyl groups is 1. The summed E-state index contributed by atoms with van der Waals surface area (Å²) in [5, 5.41) is 11.5. The third kappa shape index (κ3) is 4.50. The predicted octanol–water partition coefficient (Wildman–Crippen LogP) is 4.20. The summed E-state index contributed by atoms with van der Waals surface area (Å²) in [6.45, 7) is 3.04. The van der Waals surface area contributed by atoms with Gasteiger partial charge in [0.05, 0.1) is 24.8 Å². The van der Waals surface area contributed by atoms with Crippen LogP contribution in [0, 0.1) is 0 Å². The summed E-state index contributed by atoms with van der Waals surface area (Å²) >= 11 is 5.94. The Balaban J connectivity index is 2.11. The van der Waals surface area contributed by atoms with Crippen LogP contribution in [-0.4, -0.2) is 48.6 Å². The van der Waals surface area contributed by atoms with Gasteiger partial charge in [0.25, 0.3) is 11.7 Å². The third-order valence-corrected chi connectivity index (χ3v) is 5.09. The lowest BCUT2D eigenvalue weighted by atomic mass is 9.95. The molecule has 1 aliphatic heterocycles. The fourth-order valence-corrected chi connectivity index (χ4v) is 3.53. The van der Waals surface area contributed by atoms with Crippen LogP contribution in [0.15, 0.2) is 54.1 Å². The average Bonchev–Trinajstić information content (AvgIpc) is 3.01. The molecule has 0 aromatic heterocycles. The van der Waals surface area contributed by atoms with Crippen LogP contribution < -0.4 is 4.74 Å². The lowest BCUT2D eigenvalue weighted by Crippen LogP contribution is -2.32. The molecule has 1 N–H and O–H groups in total. The van der Waals surface area contributed by atoms with Gasteiger partial charge < -0.3 is 19.5 Å². The number of benzene rings is 2. The van der Waals surface area contributed by atoms with Gasteiger partial charge in [-0.15, -0.1) is 0 Å². The highest BCUT2D eigenvalue weighted by Gasteiger charge is 2.45. The van der Waals surface area contributed by atoms with Gasteiger partial charge in [-0.25, -0.2) is 0 Å². The third-order valence-electron chi connectivity index (χ3n) is 4.84. The van der Waals surface area contributed by atoms with E-state index in [4.69, 9.17) is 21.1 Å². The van der Waals surface area contributed by atoms with Crippen molar-refractivity contribution in [1.29, 1.82) is 0 Å². The molecule has 1 atom stereocenters. The monoisotopic (exact) mass is 429 g/mol. The first kappa shape index (κ1) is 21.9. The van der Waals surface area contributed by atoms with E-state index in [0.29, 0.717) is 28.5 Å². The molecule has 30 heavy (non-hydrogen) atoms. The predicted molar refractivity (Wildman–Crippen MR) is 115 cm³/mol. The minimum Gasteiger partial charge on any atom is -0.507 e. The molecule has 1 fully saturated rings. The molecule has 1 amide bonds. The molecule has 0 saturated carbocycles. The number of methoxy groups -OCH3 is 1. The Bertz CT molecular complexity index is 954. The molecule has 7 heteroatoms. The second-order valence-electron chi connectivity index (χ2n) is 6.91. The zero-order valence-corrected chi connectivity index (χ0v) is 17.7. The SMILES string of the molecule is CCCOc1cccc(C2C(=C(O)c3ccc(Cl)cc3)C(=O)C(=O)N2CCOC)c1. The van der Waals surface area contributed by atoms with E-state index in [9.17, 15) is 14.7 Å². The number of rotatable bonds is 8. The molecule has 3 rings (SSSR count). The Kier molecular flexibility index (Phi) is 7.13. The number of nitrogens with zero attached hydrogens (tertiary/aromatic N) is 1. The van der Waals surface area contributed by atoms with Crippen molar-refractivity contribution >= 4 is 29.1 Å². The smallest absolute Gasteiger partial charge is 0.295 e. The van der Waals surface area contributed by atoms with Crippen LogP contribution in [-0.2, 0) is 14.3 Å². The Morgan fingerprint density at radius 1 is 1.13 bits per heavy atom. The van der Waals surface area contributed by atoms with E-state index in [-0.39, 0.29) is 24.5 Å². The first-order valence-corrected chi connectivity index (χ1v) is 10.1. The topological polar surface area (TPSA) is 76.1 Å². The van der Waals surface area contributed by atoms with Crippen molar-refractivity contribution in [3.8, 4) is 5.75 Å². The van der Waals surface area contributed by atoms with Gasteiger partial charge in [0.2, 0.25) is 0 Å². The number of ketones is 1. The Labute approximate surface area is 180 Å². The van der Waals surface area contributed by atoms with E-state index >= 15 is 0 Å². The zero-order valence-electron chi connectivity index (χ0n) is 16.9. The number of hydrogen-bond acceptors (Lipinski definition) is 5. The van der Waals surface area contributed by atoms with Crippen molar-refractivity contribution in [1.82, 2.24) is 4.90 Å². The maximum absolute atomic E-state index is 12.9. The Morgan fingerprint density at radius 3 is 2.53 bits per heavy atom. The molecule has 1 saturated heterocycles. The molecular weight excluding hydrogens is 406 g/mol. The summed E-state index contributed by atoms with van der Waals surface area (Å²) in [6, 6.07) is 12.9. The second kappa shape index (κ2) is 9.78. The molecule has 0 bridgehead atoms. The van der Waals surface area contributed by atoms with Gasteiger partial charge in [0.1, 0.15) is 11.5 Å². The first-order chi connectivity index (χ1) is 14.5. The Hall–Kier alpha value is -2.83. The lowest BCUT2D eigenvalue weighted by molar-refractivity contribution is -0.140. The Morgan fingerprint density at radius 2 is 1.87 bits per heavy atom. The van der Waals surface area contributed by atoms with Gasteiger partial charge in [-0.1, -0.05) is 30.7 Å². The number of likely N-dealkylation sites (tertiary alicyclic amines) is 1. The van der Waals surface area contributed by atoms with Gasteiger partial charge in [0, 0.05) is 24.2 Å². The molecule has 1 heterocycles. The minimum atomic E-state index is -0.749. The van der Waals surface area contributed by atoms with Crippen LogP contribution in [0.2, 0.25) is 5.02 Å². The number of halogens is 1. The van der Waals surface area contributed by atoms with Crippen LogP contribution >= 0.6 is 11.6 Å². The van der Waals surface area contributed by atoms with Crippen molar-refractivity contribution in [2.75, 3.05) is 26.9 Å². The quantitative estimate of drug-likeness (QED) is 0.386. The largest absolute Gasteiger partial charge is 0.507 e. The van der Waals surface area contributed by atoms with Gasteiger partial charge >= 0.3 is 0 Å². The number of aliphatic hydroxyl groups excluding tert-OH is 1. The van der Waals surface area contributed by atoms with E-state index in [1.54, 1.807) is 36.4 Å². The van der Waals surface area contributed by atoms with E-state index in [2.05, 4.69) is 0 Å². The number of hydrogen-bond donors (Lipinski definition) is 1. The number of ether oxygens (including phenoxy) is 2. The van der Waals surface area contributed by atoms with Crippen molar-refractivity contribution in [2.24, 2.45) is 0 Å². The highest BCUT2D eigenvalue weighted by Crippen LogP contribution is 2.40. The molecule has 1 aliphatic rings. The van der Waals surface area contributed by atoms with Crippen LogP contribution in [0.4, 0.5) is 0 Å². The minimum absolute atomic E-state index is 0.0334. The van der Waals surface area contributed by atoms with Crippen LogP contribution in [0.25, 0.3) is 5.76 Å². The summed E-state index contributed by atoms with van der Waals surface area (Å²) in [6.07, 6.45) is 0.854. The van der Waals surface area contributed by atoms with Crippen molar-refractivity contribution in [3.05, 3.63) is 70.3 Å². The molecule has 0 spiro atoms. The van der Waals surface area contributed by atoms with E-state index < -0.39 is 17.7 Å². The van der Waals surface area contributed by atoms with Crippen LogP contribution in [0.5, 0.6) is 5.75 Å². The number of carbonyl (C=O) groups is 2. The summed E-state index contributed by atoms with van der Waals surface area (Å²) in [5.74, 6) is -1.01. The van der Waals surface area contributed by atoms with E-state index in [1.807, 2.05) is 19.1 Å². The lowest BCUT2D eigenvalue weighted by Gasteiger charge is -2.25. The molecule has 0 aliphatic carbocycles.